The number of nitrogens with zero attached hydrogens (tertiary/aromatic N) is 5. The number of benzene rings is 5. The minimum atomic E-state index is -4.95. The maximum atomic E-state index is 10.2. The predicted molar refractivity (Wildman–Crippen MR) is 206 cm³/mol. The summed E-state index contributed by atoms with van der Waals surface area (Å²) < 4.78 is 375. The Labute approximate surface area is 350 Å². The van der Waals surface area contributed by atoms with Crippen LogP contribution >= 0.6 is 0 Å². The molecule has 0 spiro atoms. The molecule has 5 heteroatoms. The molecule has 50 heavy (non-hydrogen) atoms. The van der Waals surface area contributed by atoms with E-state index in [0.29, 0.717) is 9.13 Å². The van der Waals surface area contributed by atoms with Crippen molar-refractivity contribution in [1.82, 2.24) is 24.1 Å². The van der Waals surface area contributed by atoms with Gasteiger partial charge in [0.25, 0.3) is 0 Å². The van der Waals surface area contributed by atoms with Crippen molar-refractivity contribution in [3.05, 3.63) is 126 Å². The van der Waals surface area contributed by atoms with E-state index in [9.17, 15) is 23.3 Å². The van der Waals surface area contributed by atoms with Crippen LogP contribution in [0.2, 0.25) is 0 Å². The highest BCUT2D eigenvalue weighted by atomic mass is 15.3. The molecule has 0 saturated heterocycles. The van der Waals surface area contributed by atoms with Gasteiger partial charge in [-0.15, -0.1) is 0 Å². The van der Waals surface area contributed by atoms with Crippen LogP contribution in [0.5, 0.6) is 0 Å². The lowest BCUT2D eigenvalue weighted by atomic mass is 9.76. The second-order valence-corrected chi connectivity index (χ2v) is 10.3. The Morgan fingerprint density at radius 2 is 0.820 bits per heavy atom. The van der Waals surface area contributed by atoms with Gasteiger partial charge in [-0.25, -0.2) is 0 Å². The molecule has 0 atom stereocenters. The highest BCUT2D eigenvalue weighted by Crippen LogP contribution is 2.44. The van der Waals surface area contributed by atoms with E-state index >= 15 is 0 Å². The summed E-state index contributed by atoms with van der Waals surface area (Å²) in [5.41, 5.74) is -10.6. The molecule has 8 aromatic rings. The van der Waals surface area contributed by atoms with Crippen molar-refractivity contribution in [2.45, 2.75) is 75.5 Å². The molecule has 2 saturated carbocycles. The summed E-state index contributed by atoms with van der Waals surface area (Å²) in [7, 11) is 0. The Morgan fingerprint density at radius 3 is 1.20 bits per heavy atom. The van der Waals surface area contributed by atoms with Gasteiger partial charge in [-0.3, -0.25) is 9.13 Å². The maximum absolute atomic E-state index is 10.2. The lowest BCUT2D eigenvalue weighted by molar-refractivity contribution is 0.436. The van der Waals surface area contributed by atoms with Crippen molar-refractivity contribution in [3.8, 4) is 23.3 Å². The number of hydrogen-bond donors (Lipinski definition) is 0. The normalized spacial score (nSPS) is 39.4. The molecular weight excluding hydrogens is 611 g/mol. The third-order valence-corrected chi connectivity index (χ3v) is 7.68. The van der Waals surface area contributed by atoms with E-state index in [1.807, 2.05) is 0 Å². The summed E-state index contributed by atoms with van der Waals surface area (Å²) in [5.74, 6) is -14.8. The van der Waals surface area contributed by atoms with Crippen LogP contribution in [0.3, 0.4) is 0 Å². The zero-order valence-corrected chi connectivity index (χ0v) is 24.7. The van der Waals surface area contributed by atoms with Crippen molar-refractivity contribution < 1.29 is 56.2 Å². The molecular formula is C45H41N5. The molecule has 5 aromatic carbocycles. The summed E-state index contributed by atoms with van der Waals surface area (Å²) in [6.07, 6.45) is -47.0. The maximum Gasteiger partial charge on any atom is 0.240 e. The third kappa shape index (κ3) is 4.78. The van der Waals surface area contributed by atoms with E-state index < -0.39 is 268 Å². The molecule has 0 unspecified atom stereocenters. The molecule has 5 nitrogen and oxygen atoms in total. The minimum absolute atomic E-state index is 0.359. The average Bonchev–Trinajstić information content (AvgIpc) is 1.49. The van der Waals surface area contributed by atoms with Crippen molar-refractivity contribution in [3.63, 3.8) is 0 Å². The average molecular weight is 693 g/mol. The third-order valence-electron chi connectivity index (χ3n) is 7.68. The monoisotopic (exact) mass is 693 g/mol. The molecule has 0 bridgehead atoms. The summed E-state index contributed by atoms with van der Waals surface area (Å²) in [5, 5.41) is -3.28. The first-order valence-corrected chi connectivity index (χ1v) is 14.4. The fourth-order valence-electron chi connectivity index (χ4n) is 5.66. The van der Waals surface area contributed by atoms with Gasteiger partial charge >= 0.3 is 0 Å². The largest absolute Gasteiger partial charge is 0.278 e. The molecule has 3 heterocycles. The van der Waals surface area contributed by atoms with Crippen LogP contribution in [0.4, 0.5) is 0 Å². The van der Waals surface area contributed by atoms with Gasteiger partial charge in [0, 0.05) is 57.3 Å². The van der Waals surface area contributed by atoms with Crippen LogP contribution in [0.15, 0.2) is 115 Å². The van der Waals surface area contributed by atoms with E-state index in [0.717, 1.165) is 0 Å². The molecule has 0 N–H and O–H groups in total. The summed E-state index contributed by atoms with van der Waals surface area (Å²) in [6, 6.07) is -24.1. The predicted octanol–water partition coefficient (Wildman–Crippen LogP) is 11.8. The molecule has 10 rings (SSSR count). The lowest BCUT2D eigenvalue weighted by Gasteiger charge is -2.29. The molecule has 2 aliphatic rings. The van der Waals surface area contributed by atoms with Gasteiger partial charge in [0.05, 0.1) is 48.1 Å². The Morgan fingerprint density at radius 1 is 0.460 bits per heavy atom. The van der Waals surface area contributed by atoms with Crippen LogP contribution < -0.4 is 0 Å². The summed E-state index contributed by atoms with van der Waals surface area (Å²) >= 11 is 0. The Bertz CT molecular complexity index is 4160. The number of fused-ring (bicyclic) bond motifs is 6. The van der Waals surface area contributed by atoms with E-state index in [2.05, 4.69) is 15.0 Å². The van der Waals surface area contributed by atoms with E-state index in [1.165, 1.54) is 0 Å². The quantitative estimate of drug-likeness (QED) is 0.180. The second-order valence-electron chi connectivity index (χ2n) is 10.3. The van der Waals surface area contributed by atoms with Gasteiger partial charge in [-0.1, -0.05) is 129 Å². The van der Waals surface area contributed by atoms with Gasteiger partial charge in [0.1, 0.15) is 0 Å². The van der Waals surface area contributed by atoms with Gasteiger partial charge < -0.3 is 0 Å². The van der Waals surface area contributed by atoms with Gasteiger partial charge in [0.15, 0.2) is 5.82 Å². The van der Waals surface area contributed by atoms with Crippen molar-refractivity contribution in [1.29, 1.82) is 0 Å². The number of aromatic nitrogens is 5. The standard InChI is InChI=1S/C45H41N5/c1-3-16-30(17-4-1)32-24-15-25-33(31-18-5-2-6-19-31)42(32)43-46-44(49-38-26-11-7-20-34(38)35-21-8-12-27-39(35)49)48-45(47-43)50-40-28-13-9-22-36(40)37-23-10-14-29-41(37)50/h7-15,20-31H,1-6,16-19H2/i1D2,2D2,3D2,4D2,5D2,6D2,7D,8D,9D,10D,11D,12D,13D,14D,15D,16D2,17D2,18D2,19D2,20D,21D,22D,23D,24D,25D,26D,27D,28D,29D,30D,31D. The fraction of sp³-hybridized carbons (Fsp3) is 0.267. The molecule has 3 aromatic heterocycles. The zero-order chi connectivity index (χ0) is 69.3. The van der Waals surface area contributed by atoms with E-state index in [4.69, 9.17) is 32.9 Å². The fourth-order valence-corrected chi connectivity index (χ4v) is 5.66. The van der Waals surface area contributed by atoms with Crippen LogP contribution in [-0.2, 0) is 0 Å². The molecule has 0 amide bonds. The number of hydrogen-bond acceptors (Lipinski definition) is 3. The molecule has 0 aliphatic heterocycles. The van der Waals surface area contributed by atoms with Crippen molar-refractivity contribution >= 4 is 43.6 Å². The summed E-state index contributed by atoms with van der Waals surface area (Å²) in [4.78, 5) is 13.0. The van der Waals surface area contributed by atoms with E-state index in [1.54, 1.807) is 0 Å². The SMILES string of the molecule is [2H]c1c([2H])c(C2([2H])C([2H])([2H])C([2H])([2H])C([2H])([2H])C([2H])([2H])C2([2H])[2H])c(-c2nc(-n3c4c([2H])c([2H])c([2H])c([2H])c4c4c([2H])c([2H])c([2H])c([2H])c43)nc(-n3c4c([2H])c([2H])c([2H])c([2H])c4c4c([2H])c([2H])c([2H])c([2H])c43)n2)c(C2([2H])C([2H])([2H])C([2H])([2H])C([2H])([2H])C([2H])([2H])C2([2H])[2H])c1[2H]. The Kier molecular flexibility index (Phi) is 2.33. The topological polar surface area (TPSA) is 48.5 Å². The number of rotatable bonds is 5. The first-order valence-electron chi connectivity index (χ1n) is 34.9. The molecule has 246 valence electrons. The van der Waals surface area contributed by atoms with Gasteiger partial charge in [-0.2, -0.15) is 15.0 Å². The smallest absolute Gasteiger partial charge is 0.240 e. The molecule has 0 radical (unpaired) electrons. The minimum Gasteiger partial charge on any atom is -0.278 e. The molecule has 2 aliphatic carbocycles. The number of para-hydroxylation sites is 4. The van der Waals surface area contributed by atoms with Gasteiger partial charge in [-0.05, 0) is 72.6 Å². The van der Waals surface area contributed by atoms with E-state index in [-0.39, 0.29) is 0 Å². The lowest BCUT2D eigenvalue weighted by Crippen LogP contribution is -2.15. The zero-order valence-electron chi connectivity index (χ0n) is 65.7. The van der Waals surface area contributed by atoms with Gasteiger partial charge in [0.2, 0.25) is 11.9 Å². The van der Waals surface area contributed by atoms with Crippen molar-refractivity contribution in [2.24, 2.45) is 0 Å². The van der Waals surface area contributed by atoms with Crippen LogP contribution in [0, 0.1) is 0 Å². The highest BCUT2D eigenvalue weighted by molar-refractivity contribution is 6.10. The van der Waals surface area contributed by atoms with Crippen LogP contribution in [0.25, 0.3) is 66.9 Å². The summed E-state index contributed by atoms with van der Waals surface area (Å²) in [6.45, 7) is 0. The molecule has 2 fully saturated rings. The first-order chi connectivity index (χ1) is 41.0. The second kappa shape index (κ2) is 12.2. The van der Waals surface area contributed by atoms with Crippen molar-refractivity contribution in [2.75, 3.05) is 0 Å². The van der Waals surface area contributed by atoms with Crippen LogP contribution in [-0.4, -0.2) is 24.1 Å². The Balaban J connectivity index is 1.64. The first kappa shape index (κ1) is 9.52. The highest BCUT2D eigenvalue weighted by Gasteiger charge is 2.28. The van der Waals surface area contributed by atoms with Crippen LogP contribution in [0.1, 0.15) is 143 Å². The Hall–Kier alpha value is -5.29.